The normalized spacial score (nSPS) is 12.2. The van der Waals surface area contributed by atoms with E-state index in [-0.39, 0.29) is 11.9 Å². The van der Waals surface area contributed by atoms with Crippen LogP contribution in [0.15, 0.2) is 24.3 Å². The maximum absolute atomic E-state index is 12.6. The summed E-state index contributed by atoms with van der Waals surface area (Å²) in [5, 5.41) is 8.44. The number of halogens is 2. The van der Waals surface area contributed by atoms with E-state index in [2.05, 4.69) is 17.3 Å². The fourth-order valence-electron chi connectivity index (χ4n) is 2.77. The van der Waals surface area contributed by atoms with Gasteiger partial charge in [-0.25, -0.2) is 4.68 Å². The molecule has 25 heavy (non-hydrogen) atoms. The van der Waals surface area contributed by atoms with Crippen molar-refractivity contribution in [2.45, 2.75) is 59.0 Å². The van der Waals surface area contributed by atoms with Crippen molar-refractivity contribution in [1.82, 2.24) is 15.1 Å². The third-order valence-electron chi connectivity index (χ3n) is 4.19. The minimum Gasteiger partial charge on any atom is -0.349 e. The van der Waals surface area contributed by atoms with Crippen molar-refractivity contribution in [2.24, 2.45) is 0 Å². The van der Waals surface area contributed by atoms with Gasteiger partial charge in [-0.05, 0) is 31.9 Å². The Morgan fingerprint density at radius 1 is 1.28 bits per heavy atom. The minimum atomic E-state index is -0.170. The molecule has 1 heterocycles. The van der Waals surface area contributed by atoms with Crippen molar-refractivity contribution in [2.75, 3.05) is 0 Å². The van der Waals surface area contributed by atoms with Gasteiger partial charge in [0.1, 0.15) is 5.15 Å². The van der Waals surface area contributed by atoms with E-state index in [0.29, 0.717) is 28.0 Å². The molecular formula is C19H25Cl2N3O. The number of rotatable bonds is 8. The second-order valence-electron chi connectivity index (χ2n) is 6.37. The van der Waals surface area contributed by atoms with Gasteiger partial charge in [0, 0.05) is 11.1 Å². The predicted octanol–water partition coefficient (Wildman–Crippen LogP) is 5.25. The van der Waals surface area contributed by atoms with Gasteiger partial charge in [-0.2, -0.15) is 5.10 Å². The summed E-state index contributed by atoms with van der Waals surface area (Å²) in [7, 11) is 0. The predicted molar refractivity (Wildman–Crippen MR) is 104 cm³/mol. The number of unbranched alkanes of at least 4 members (excludes halogenated alkanes) is 2. The van der Waals surface area contributed by atoms with Crippen LogP contribution in [0.5, 0.6) is 0 Å². The summed E-state index contributed by atoms with van der Waals surface area (Å²) in [5.74, 6) is -0.170. The van der Waals surface area contributed by atoms with Crippen LogP contribution < -0.4 is 5.32 Å². The SMILES string of the molecule is CCCCCC(C)NC(=O)c1c(C)nn(Cc2ccccc2Cl)c1Cl. The summed E-state index contributed by atoms with van der Waals surface area (Å²) in [6.07, 6.45) is 4.41. The number of benzene rings is 1. The van der Waals surface area contributed by atoms with Gasteiger partial charge in [0.25, 0.3) is 5.91 Å². The van der Waals surface area contributed by atoms with Crippen molar-refractivity contribution in [3.05, 3.63) is 51.3 Å². The van der Waals surface area contributed by atoms with Gasteiger partial charge in [-0.15, -0.1) is 0 Å². The third-order valence-corrected chi connectivity index (χ3v) is 4.94. The molecule has 0 saturated heterocycles. The monoisotopic (exact) mass is 381 g/mol. The second-order valence-corrected chi connectivity index (χ2v) is 7.14. The Balaban J connectivity index is 2.10. The Bertz CT molecular complexity index is 727. The van der Waals surface area contributed by atoms with Crippen molar-refractivity contribution in [1.29, 1.82) is 0 Å². The molecule has 2 rings (SSSR count). The number of hydrogen-bond donors (Lipinski definition) is 1. The fourth-order valence-corrected chi connectivity index (χ4v) is 3.29. The first kappa shape index (κ1) is 19.8. The van der Waals surface area contributed by atoms with E-state index in [1.807, 2.05) is 31.2 Å². The standard InChI is InChI=1S/C19H25Cl2N3O/c1-4-5-6-9-13(2)22-19(25)17-14(3)23-24(18(17)21)12-15-10-7-8-11-16(15)20/h7-8,10-11,13H,4-6,9,12H2,1-3H3,(H,22,25). The number of nitrogens with one attached hydrogen (secondary N) is 1. The molecule has 0 bridgehead atoms. The van der Waals surface area contributed by atoms with Crippen molar-refractivity contribution >= 4 is 29.1 Å². The van der Waals surface area contributed by atoms with E-state index in [4.69, 9.17) is 23.2 Å². The second kappa shape index (κ2) is 9.25. The Hall–Kier alpha value is -1.52. The lowest BCUT2D eigenvalue weighted by molar-refractivity contribution is 0.0937. The maximum atomic E-state index is 12.6. The first-order valence-corrected chi connectivity index (χ1v) is 9.46. The topological polar surface area (TPSA) is 46.9 Å². The van der Waals surface area contributed by atoms with Crippen LogP contribution in [0.1, 0.15) is 61.1 Å². The molecule has 1 atom stereocenters. The van der Waals surface area contributed by atoms with E-state index in [9.17, 15) is 4.79 Å². The number of hydrogen-bond acceptors (Lipinski definition) is 2. The van der Waals surface area contributed by atoms with Gasteiger partial charge in [-0.3, -0.25) is 4.79 Å². The van der Waals surface area contributed by atoms with Crippen molar-refractivity contribution in [3.63, 3.8) is 0 Å². The molecule has 0 spiro atoms. The van der Waals surface area contributed by atoms with Crippen LogP contribution in [-0.4, -0.2) is 21.7 Å². The molecule has 1 aromatic carbocycles. The zero-order chi connectivity index (χ0) is 18.4. The van der Waals surface area contributed by atoms with Crippen LogP contribution in [-0.2, 0) is 6.54 Å². The number of carbonyl (C=O) groups is 1. The average Bonchev–Trinajstić information content (AvgIpc) is 2.83. The van der Waals surface area contributed by atoms with Crippen LogP contribution in [0.3, 0.4) is 0 Å². The molecule has 0 aliphatic carbocycles. The zero-order valence-corrected chi connectivity index (χ0v) is 16.5. The largest absolute Gasteiger partial charge is 0.349 e. The molecule has 0 aliphatic rings. The fraction of sp³-hybridized carbons (Fsp3) is 0.474. The van der Waals surface area contributed by atoms with Gasteiger partial charge in [0.15, 0.2) is 0 Å². The first-order chi connectivity index (χ1) is 11.9. The molecule has 2 aromatic rings. The molecule has 136 valence electrons. The lowest BCUT2D eigenvalue weighted by atomic mass is 10.1. The summed E-state index contributed by atoms with van der Waals surface area (Å²) in [6.45, 7) is 6.41. The van der Waals surface area contributed by atoms with Crippen LogP contribution in [0.4, 0.5) is 0 Å². The number of aryl methyl sites for hydroxylation is 1. The third kappa shape index (κ3) is 5.23. The Morgan fingerprint density at radius 3 is 2.68 bits per heavy atom. The number of nitrogens with zero attached hydrogens (tertiary/aromatic N) is 2. The van der Waals surface area contributed by atoms with Gasteiger partial charge in [0.2, 0.25) is 0 Å². The molecule has 0 saturated carbocycles. The highest BCUT2D eigenvalue weighted by Crippen LogP contribution is 2.23. The Morgan fingerprint density at radius 2 is 2.00 bits per heavy atom. The quantitative estimate of drug-likeness (QED) is 0.635. The van der Waals surface area contributed by atoms with Crippen LogP contribution >= 0.6 is 23.2 Å². The zero-order valence-electron chi connectivity index (χ0n) is 15.0. The Labute approximate surface area is 159 Å². The van der Waals surface area contributed by atoms with E-state index in [1.54, 1.807) is 11.6 Å². The molecule has 0 fully saturated rings. The van der Waals surface area contributed by atoms with E-state index in [0.717, 1.165) is 18.4 Å². The van der Waals surface area contributed by atoms with Crippen LogP contribution in [0.2, 0.25) is 10.2 Å². The molecular weight excluding hydrogens is 357 g/mol. The molecule has 1 amide bonds. The molecule has 0 radical (unpaired) electrons. The van der Waals surface area contributed by atoms with Crippen molar-refractivity contribution < 1.29 is 4.79 Å². The van der Waals surface area contributed by atoms with Crippen molar-refractivity contribution in [3.8, 4) is 0 Å². The van der Waals surface area contributed by atoms with Gasteiger partial charge < -0.3 is 5.32 Å². The van der Waals surface area contributed by atoms with E-state index < -0.39 is 0 Å². The van der Waals surface area contributed by atoms with E-state index >= 15 is 0 Å². The highest BCUT2D eigenvalue weighted by atomic mass is 35.5. The summed E-state index contributed by atoms with van der Waals surface area (Å²) in [4.78, 5) is 12.6. The molecule has 0 aliphatic heterocycles. The lowest BCUT2D eigenvalue weighted by Crippen LogP contribution is -2.32. The summed E-state index contributed by atoms with van der Waals surface area (Å²) in [6, 6.07) is 7.65. The maximum Gasteiger partial charge on any atom is 0.256 e. The minimum absolute atomic E-state index is 0.112. The Kier molecular flexibility index (Phi) is 7.33. The number of aromatic nitrogens is 2. The summed E-state index contributed by atoms with van der Waals surface area (Å²) < 4.78 is 1.62. The van der Waals surface area contributed by atoms with Crippen LogP contribution in [0.25, 0.3) is 0 Å². The van der Waals surface area contributed by atoms with Gasteiger partial charge in [-0.1, -0.05) is 67.6 Å². The van der Waals surface area contributed by atoms with Gasteiger partial charge >= 0.3 is 0 Å². The van der Waals surface area contributed by atoms with Crippen LogP contribution in [0, 0.1) is 6.92 Å². The molecule has 1 N–H and O–H groups in total. The lowest BCUT2D eigenvalue weighted by Gasteiger charge is -2.13. The highest BCUT2D eigenvalue weighted by molar-refractivity contribution is 6.33. The highest BCUT2D eigenvalue weighted by Gasteiger charge is 2.21. The first-order valence-electron chi connectivity index (χ1n) is 8.71. The molecule has 6 heteroatoms. The summed E-state index contributed by atoms with van der Waals surface area (Å²) >= 11 is 12.6. The molecule has 1 aromatic heterocycles. The van der Waals surface area contributed by atoms with Gasteiger partial charge in [0.05, 0.1) is 17.8 Å². The summed E-state index contributed by atoms with van der Waals surface area (Å²) in [5.41, 5.74) is 1.97. The average molecular weight is 382 g/mol. The molecule has 1 unspecified atom stereocenters. The van der Waals surface area contributed by atoms with E-state index in [1.165, 1.54) is 12.8 Å². The molecule has 4 nitrogen and oxygen atoms in total. The smallest absolute Gasteiger partial charge is 0.256 e. The number of amides is 1. The number of carbonyl (C=O) groups excluding carboxylic acids is 1.